The molecule has 0 spiro atoms. The summed E-state index contributed by atoms with van der Waals surface area (Å²) < 4.78 is 13.2. The first kappa shape index (κ1) is 14.2. The predicted octanol–water partition coefficient (Wildman–Crippen LogP) is 2.21. The van der Waals surface area contributed by atoms with Crippen LogP contribution in [0.2, 0.25) is 0 Å². The number of hydrogen-bond donors (Lipinski definition) is 2. The van der Waals surface area contributed by atoms with Crippen LogP contribution >= 0.6 is 12.2 Å². The van der Waals surface area contributed by atoms with E-state index in [9.17, 15) is 4.39 Å². The van der Waals surface area contributed by atoms with Gasteiger partial charge in [0.05, 0.1) is 0 Å². The molecule has 0 aromatic heterocycles. The summed E-state index contributed by atoms with van der Waals surface area (Å²) in [4.78, 5) is 2.57. The van der Waals surface area contributed by atoms with Gasteiger partial charge in [-0.15, -0.1) is 0 Å². The van der Waals surface area contributed by atoms with Crippen molar-refractivity contribution in [3.8, 4) is 0 Å². The van der Waals surface area contributed by atoms with Crippen LogP contribution in [0.5, 0.6) is 0 Å². The van der Waals surface area contributed by atoms with Gasteiger partial charge in [-0.3, -0.25) is 0 Å². The summed E-state index contributed by atoms with van der Waals surface area (Å²) in [5.41, 5.74) is 7.04. The first-order valence-electron chi connectivity index (χ1n) is 6.58. The number of rotatable bonds is 4. The number of anilines is 1. The number of nitrogens with one attached hydrogen (secondary N) is 1. The van der Waals surface area contributed by atoms with Crippen LogP contribution in [-0.2, 0) is 0 Å². The van der Waals surface area contributed by atoms with Gasteiger partial charge in [-0.1, -0.05) is 12.2 Å². The molecule has 1 saturated heterocycles. The van der Waals surface area contributed by atoms with E-state index in [2.05, 4.69) is 17.3 Å². The van der Waals surface area contributed by atoms with Crippen molar-refractivity contribution in [2.75, 3.05) is 32.0 Å². The molecule has 3 nitrogen and oxygen atoms in total. The maximum atomic E-state index is 13.2. The lowest BCUT2D eigenvalue weighted by molar-refractivity contribution is 0.226. The van der Waals surface area contributed by atoms with Crippen molar-refractivity contribution < 1.29 is 4.39 Å². The van der Waals surface area contributed by atoms with E-state index in [4.69, 9.17) is 18.0 Å². The Bertz CT molecular complexity index is 456. The summed E-state index contributed by atoms with van der Waals surface area (Å²) in [6.45, 7) is 3.16. The monoisotopic (exact) mass is 281 g/mol. The van der Waals surface area contributed by atoms with Gasteiger partial charge in [0.1, 0.15) is 10.8 Å². The van der Waals surface area contributed by atoms with Crippen LogP contribution in [0, 0.1) is 11.7 Å². The highest BCUT2D eigenvalue weighted by Gasteiger charge is 2.17. The lowest BCUT2D eigenvalue weighted by Crippen LogP contribution is -2.33. The standard InChI is InChI=1S/C14H20FN3S/c1-18-6-4-10(5-7-18)9-17-13-3-2-11(15)8-12(13)14(16)19/h2-3,8,10,17H,4-7,9H2,1H3,(H2,16,19). The second-order valence-corrected chi connectivity index (χ2v) is 5.62. The quantitative estimate of drug-likeness (QED) is 0.830. The Hall–Kier alpha value is -1.20. The fraction of sp³-hybridized carbons (Fsp3) is 0.500. The molecule has 19 heavy (non-hydrogen) atoms. The molecule has 1 aliphatic heterocycles. The van der Waals surface area contributed by atoms with Crippen LogP contribution in [0.25, 0.3) is 0 Å². The molecule has 0 radical (unpaired) electrons. The third-order valence-electron chi connectivity index (χ3n) is 3.67. The molecule has 1 fully saturated rings. The summed E-state index contributed by atoms with van der Waals surface area (Å²) in [6, 6.07) is 4.52. The number of benzene rings is 1. The first-order chi connectivity index (χ1) is 9.06. The van der Waals surface area contributed by atoms with Crippen molar-refractivity contribution in [2.24, 2.45) is 11.7 Å². The van der Waals surface area contributed by atoms with E-state index in [0.717, 1.165) is 25.3 Å². The number of piperidine rings is 1. The molecule has 0 amide bonds. The summed E-state index contributed by atoms with van der Waals surface area (Å²) in [5, 5.41) is 3.35. The van der Waals surface area contributed by atoms with E-state index in [1.807, 2.05) is 0 Å². The van der Waals surface area contributed by atoms with Crippen LogP contribution in [0.4, 0.5) is 10.1 Å². The van der Waals surface area contributed by atoms with Crippen molar-refractivity contribution in [3.63, 3.8) is 0 Å². The molecule has 0 atom stereocenters. The highest BCUT2D eigenvalue weighted by Crippen LogP contribution is 2.20. The fourth-order valence-corrected chi connectivity index (χ4v) is 2.56. The molecule has 0 aliphatic carbocycles. The minimum absolute atomic E-state index is 0.227. The molecule has 3 N–H and O–H groups in total. The lowest BCUT2D eigenvalue weighted by Gasteiger charge is -2.29. The van der Waals surface area contributed by atoms with Gasteiger partial charge in [0.2, 0.25) is 0 Å². The van der Waals surface area contributed by atoms with Crippen LogP contribution in [0.1, 0.15) is 18.4 Å². The van der Waals surface area contributed by atoms with Crippen molar-refractivity contribution >= 4 is 22.9 Å². The van der Waals surface area contributed by atoms with E-state index in [1.54, 1.807) is 6.07 Å². The smallest absolute Gasteiger partial charge is 0.124 e. The topological polar surface area (TPSA) is 41.3 Å². The van der Waals surface area contributed by atoms with Gasteiger partial charge in [0.25, 0.3) is 0 Å². The van der Waals surface area contributed by atoms with E-state index in [-0.39, 0.29) is 10.8 Å². The Kier molecular flexibility index (Phi) is 4.71. The Balaban J connectivity index is 1.97. The number of nitrogens with two attached hydrogens (primary N) is 1. The van der Waals surface area contributed by atoms with Crippen LogP contribution < -0.4 is 11.1 Å². The second kappa shape index (κ2) is 6.30. The maximum Gasteiger partial charge on any atom is 0.124 e. The van der Waals surface area contributed by atoms with Gasteiger partial charge in [-0.05, 0) is 57.1 Å². The zero-order valence-corrected chi connectivity index (χ0v) is 12.0. The van der Waals surface area contributed by atoms with Crippen LogP contribution in [0.15, 0.2) is 18.2 Å². The molecule has 0 saturated carbocycles. The van der Waals surface area contributed by atoms with E-state index in [0.29, 0.717) is 11.5 Å². The molecular formula is C14H20FN3S. The SMILES string of the molecule is CN1CCC(CNc2ccc(F)cc2C(N)=S)CC1. The summed E-state index contributed by atoms with van der Waals surface area (Å²) in [7, 11) is 2.15. The molecule has 1 heterocycles. The third kappa shape index (κ3) is 3.88. The minimum atomic E-state index is -0.312. The first-order valence-corrected chi connectivity index (χ1v) is 6.99. The molecule has 1 aliphatic rings. The zero-order valence-electron chi connectivity index (χ0n) is 11.2. The number of likely N-dealkylation sites (tertiary alicyclic amines) is 1. The van der Waals surface area contributed by atoms with Crippen molar-refractivity contribution in [1.29, 1.82) is 0 Å². The molecule has 104 valence electrons. The van der Waals surface area contributed by atoms with Gasteiger partial charge in [-0.2, -0.15) is 0 Å². The van der Waals surface area contributed by atoms with Crippen molar-refractivity contribution in [3.05, 3.63) is 29.6 Å². The number of halogens is 1. The van der Waals surface area contributed by atoms with Gasteiger partial charge >= 0.3 is 0 Å². The van der Waals surface area contributed by atoms with Crippen LogP contribution in [0.3, 0.4) is 0 Å². The Morgan fingerprint density at radius 3 is 2.79 bits per heavy atom. The predicted molar refractivity (Wildman–Crippen MR) is 81.0 cm³/mol. The number of nitrogens with zero attached hydrogens (tertiary/aromatic N) is 1. The van der Waals surface area contributed by atoms with E-state index in [1.165, 1.54) is 25.0 Å². The highest BCUT2D eigenvalue weighted by molar-refractivity contribution is 7.80. The van der Waals surface area contributed by atoms with Crippen molar-refractivity contribution in [2.45, 2.75) is 12.8 Å². The van der Waals surface area contributed by atoms with E-state index < -0.39 is 0 Å². The fourth-order valence-electron chi connectivity index (χ4n) is 2.39. The van der Waals surface area contributed by atoms with Gasteiger partial charge in [0, 0.05) is 17.8 Å². The minimum Gasteiger partial charge on any atom is -0.389 e. The second-order valence-electron chi connectivity index (χ2n) is 5.18. The Morgan fingerprint density at radius 2 is 2.16 bits per heavy atom. The summed E-state index contributed by atoms with van der Waals surface area (Å²) >= 11 is 4.96. The largest absolute Gasteiger partial charge is 0.389 e. The summed E-state index contributed by atoms with van der Waals surface area (Å²) in [5.74, 6) is 0.341. The van der Waals surface area contributed by atoms with Gasteiger partial charge in [0.15, 0.2) is 0 Å². The highest BCUT2D eigenvalue weighted by atomic mass is 32.1. The molecule has 1 aromatic rings. The molecule has 0 bridgehead atoms. The number of thiocarbonyl (C=S) groups is 1. The molecule has 1 aromatic carbocycles. The zero-order chi connectivity index (χ0) is 13.8. The van der Waals surface area contributed by atoms with Gasteiger partial charge in [-0.25, -0.2) is 4.39 Å². The molecule has 2 rings (SSSR count). The normalized spacial score (nSPS) is 17.4. The average molecular weight is 281 g/mol. The third-order valence-corrected chi connectivity index (χ3v) is 3.89. The maximum absolute atomic E-state index is 13.2. The Labute approximate surface area is 119 Å². The lowest BCUT2D eigenvalue weighted by atomic mass is 9.97. The molecular weight excluding hydrogens is 261 g/mol. The average Bonchev–Trinajstić information content (AvgIpc) is 2.39. The van der Waals surface area contributed by atoms with Crippen molar-refractivity contribution in [1.82, 2.24) is 4.90 Å². The Morgan fingerprint density at radius 1 is 1.47 bits per heavy atom. The molecule has 0 unspecified atom stereocenters. The van der Waals surface area contributed by atoms with E-state index >= 15 is 0 Å². The summed E-state index contributed by atoms with van der Waals surface area (Å²) in [6.07, 6.45) is 2.38. The number of hydrogen-bond acceptors (Lipinski definition) is 3. The molecule has 5 heteroatoms. The van der Waals surface area contributed by atoms with Crippen LogP contribution in [-0.4, -0.2) is 36.6 Å². The van der Waals surface area contributed by atoms with Gasteiger partial charge < -0.3 is 16.0 Å².